The van der Waals surface area contributed by atoms with Crippen LogP contribution in [0.25, 0.3) is 0 Å². The summed E-state index contributed by atoms with van der Waals surface area (Å²) in [7, 11) is 0. The van der Waals surface area contributed by atoms with Crippen LogP contribution in [-0.2, 0) is 9.59 Å². The normalized spacial score (nSPS) is 16.5. The van der Waals surface area contributed by atoms with Crippen molar-refractivity contribution in [2.75, 3.05) is 18.0 Å². The van der Waals surface area contributed by atoms with Gasteiger partial charge in [-0.3, -0.25) is 14.5 Å². The third-order valence-corrected chi connectivity index (χ3v) is 4.24. The van der Waals surface area contributed by atoms with Crippen molar-refractivity contribution in [3.63, 3.8) is 0 Å². The van der Waals surface area contributed by atoms with Gasteiger partial charge in [0.25, 0.3) is 5.91 Å². The summed E-state index contributed by atoms with van der Waals surface area (Å²) in [4.78, 5) is 26.3. The number of anilines is 1. The lowest BCUT2D eigenvalue weighted by Crippen LogP contribution is -2.49. The van der Waals surface area contributed by atoms with Crippen LogP contribution in [0.4, 0.5) is 5.69 Å². The van der Waals surface area contributed by atoms with E-state index in [9.17, 15) is 9.59 Å². The van der Waals surface area contributed by atoms with Gasteiger partial charge in [-0.05, 0) is 25.0 Å². The zero-order valence-electron chi connectivity index (χ0n) is 14.7. The maximum atomic E-state index is 12.5. The van der Waals surface area contributed by atoms with Gasteiger partial charge in [-0.25, -0.2) is 0 Å². The largest absolute Gasteiger partial charge is 0.478 e. The number of ether oxygens (including phenoxy) is 1. The molecule has 24 heavy (non-hydrogen) atoms. The Morgan fingerprint density at radius 2 is 1.92 bits per heavy atom. The van der Waals surface area contributed by atoms with Gasteiger partial charge in [-0.15, -0.1) is 0 Å². The van der Waals surface area contributed by atoms with Gasteiger partial charge in [0.15, 0.2) is 6.10 Å². The summed E-state index contributed by atoms with van der Waals surface area (Å²) in [6.07, 6.45) is 5.85. The number of hydrogen-bond donors (Lipinski definition) is 1. The molecule has 1 atom stereocenters. The van der Waals surface area contributed by atoms with Crippen molar-refractivity contribution < 1.29 is 14.3 Å². The zero-order valence-corrected chi connectivity index (χ0v) is 14.7. The Labute approximate surface area is 144 Å². The molecule has 2 rings (SSSR count). The van der Waals surface area contributed by atoms with Gasteiger partial charge in [-0.2, -0.15) is 0 Å². The van der Waals surface area contributed by atoms with E-state index in [0.29, 0.717) is 24.4 Å². The molecular formula is C19H28N2O3. The second-order valence-corrected chi connectivity index (χ2v) is 6.17. The molecule has 1 aromatic rings. The SMILES string of the molecule is CCCCCCCNC(=O)CN1C(=O)C(CC)Oc2ccccc21. The van der Waals surface area contributed by atoms with Gasteiger partial charge in [0.05, 0.1) is 5.69 Å². The van der Waals surface area contributed by atoms with E-state index < -0.39 is 6.10 Å². The molecule has 0 saturated heterocycles. The summed E-state index contributed by atoms with van der Waals surface area (Å²) in [5.41, 5.74) is 0.672. The lowest BCUT2D eigenvalue weighted by Gasteiger charge is -2.33. The Bertz CT molecular complexity index is 559. The Balaban J connectivity index is 1.90. The maximum Gasteiger partial charge on any atom is 0.268 e. The molecule has 1 aromatic carbocycles. The molecule has 1 aliphatic heterocycles. The summed E-state index contributed by atoms with van der Waals surface area (Å²) >= 11 is 0. The maximum absolute atomic E-state index is 12.5. The van der Waals surface area contributed by atoms with Gasteiger partial charge in [0, 0.05) is 6.54 Å². The summed E-state index contributed by atoms with van der Waals surface area (Å²) in [5, 5.41) is 2.92. The zero-order chi connectivity index (χ0) is 17.4. The molecule has 132 valence electrons. The van der Waals surface area contributed by atoms with Crippen molar-refractivity contribution in [2.45, 2.75) is 58.5 Å². The molecular weight excluding hydrogens is 304 g/mol. The van der Waals surface area contributed by atoms with Crippen molar-refractivity contribution in [2.24, 2.45) is 0 Å². The van der Waals surface area contributed by atoms with Gasteiger partial charge >= 0.3 is 0 Å². The summed E-state index contributed by atoms with van der Waals surface area (Å²) in [6.45, 7) is 4.80. The van der Waals surface area contributed by atoms with Gasteiger partial charge in [-0.1, -0.05) is 51.7 Å². The molecule has 2 amide bonds. The number of nitrogens with one attached hydrogen (secondary N) is 1. The van der Waals surface area contributed by atoms with E-state index in [1.807, 2.05) is 31.2 Å². The van der Waals surface area contributed by atoms with Gasteiger partial charge in [0.1, 0.15) is 12.3 Å². The molecule has 1 N–H and O–H groups in total. The molecule has 0 spiro atoms. The molecule has 0 fully saturated rings. The average Bonchev–Trinajstić information content (AvgIpc) is 2.60. The number of hydrogen-bond acceptors (Lipinski definition) is 3. The summed E-state index contributed by atoms with van der Waals surface area (Å²) in [5.74, 6) is 0.399. The number of nitrogens with zero attached hydrogens (tertiary/aromatic N) is 1. The first-order chi connectivity index (χ1) is 11.7. The van der Waals surface area contributed by atoms with Crippen molar-refractivity contribution in [3.8, 4) is 5.75 Å². The standard InChI is InChI=1S/C19H28N2O3/c1-3-5-6-7-10-13-20-18(22)14-21-15-11-8-9-12-17(15)24-16(4-2)19(21)23/h8-9,11-12,16H,3-7,10,13-14H2,1-2H3,(H,20,22). The Hall–Kier alpha value is -2.04. The quantitative estimate of drug-likeness (QED) is 0.706. The molecule has 0 bridgehead atoms. The lowest BCUT2D eigenvalue weighted by molar-refractivity contribution is -0.129. The molecule has 0 radical (unpaired) electrons. The lowest BCUT2D eigenvalue weighted by atomic mass is 10.1. The number of carbonyl (C=O) groups excluding carboxylic acids is 2. The second-order valence-electron chi connectivity index (χ2n) is 6.17. The fraction of sp³-hybridized carbons (Fsp3) is 0.579. The van der Waals surface area contributed by atoms with Crippen LogP contribution in [0.15, 0.2) is 24.3 Å². The first-order valence-corrected chi connectivity index (χ1v) is 9.01. The number of unbranched alkanes of at least 4 members (excludes halogenated alkanes) is 4. The summed E-state index contributed by atoms with van der Waals surface area (Å²) < 4.78 is 5.72. The Morgan fingerprint density at radius 1 is 1.17 bits per heavy atom. The number of benzene rings is 1. The van der Waals surface area contributed by atoms with Crippen LogP contribution in [0.5, 0.6) is 5.75 Å². The monoisotopic (exact) mass is 332 g/mol. The van der Waals surface area contributed by atoms with Crippen molar-refractivity contribution in [1.29, 1.82) is 0 Å². The predicted molar refractivity (Wildman–Crippen MR) is 95.3 cm³/mol. The molecule has 1 aliphatic rings. The van der Waals surface area contributed by atoms with Crippen LogP contribution < -0.4 is 15.0 Å². The Morgan fingerprint density at radius 3 is 2.67 bits per heavy atom. The topological polar surface area (TPSA) is 58.6 Å². The number of amides is 2. The van der Waals surface area contributed by atoms with Crippen molar-refractivity contribution in [1.82, 2.24) is 5.32 Å². The van der Waals surface area contributed by atoms with Crippen LogP contribution in [0.3, 0.4) is 0 Å². The van der Waals surface area contributed by atoms with Crippen molar-refractivity contribution >= 4 is 17.5 Å². The third-order valence-electron chi connectivity index (χ3n) is 4.24. The van der Waals surface area contributed by atoms with E-state index in [2.05, 4.69) is 12.2 Å². The molecule has 0 saturated carbocycles. The number of fused-ring (bicyclic) bond motifs is 1. The van der Waals surface area contributed by atoms with E-state index in [0.717, 1.165) is 12.8 Å². The van der Waals surface area contributed by atoms with Gasteiger partial charge in [0.2, 0.25) is 5.91 Å². The minimum absolute atomic E-state index is 0.0463. The van der Waals surface area contributed by atoms with Crippen molar-refractivity contribution in [3.05, 3.63) is 24.3 Å². The van der Waals surface area contributed by atoms with E-state index in [1.54, 1.807) is 4.90 Å². The number of carbonyl (C=O) groups is 2. The van der Waals surface area contributed by atoms with Crippen LogP contribution in [0, 0.1) is 0 Å². The average molecular weight is 332 g/mol. The molecule has 5 nitrogen and oxygen atoms in total. The van der Waals surface area contributed by atoms with E-state index in [1.165, 1.54) is 19.3 Å². The van der Waals surface area contributed by atoms with E-state index >= 15 is 0 Å². The second kappa shape index (κ2) is 9.30. The van der Waals surface area contributed by atoms with Crippen LogP contribution in [-0.4, -0.2) is 31.0 Å². The smallest absolute Gasteiger partial charge is 0.268 e. The first-order valence-electron chi connectivity index (χ1n) is 9.01. The minimum Gasteiger partial charge on any atom is -0.478 e. The van der Waals surface area contributed by atoms with E-state index in [4.69, 9.17) is 4.74 Å². The highest BCUT2D eigenvalue weighted by atomic mass is 16.5. The predicted octanol–water partition coefficient (Wildman–Crippen LogP) is 3.28. The molecule has 0 aliphatic carbocycles. The highest BCUT2D eigenvalue weighted by molar-refractivity contribution is 6.03. The third kappa shape index (κ3) is 4.73. The van der Waals surface area contributed by atoms with Crippen LogP contribution in [0.2, 0.25) is 0 Å². The fourth-order valence-electron chi connectivity index (χ4n) is 2.85. The fourth-order valence-corrected chi connectivity index (χ4v) is 2.85. The number of rotatable bonds is 9. The minimum atomic E-state index is -0.512. The molecule has 1 unspecified atom stereocenters. The highest BCUT2D eigenvalue weighted by Crippen LogP contribution is 2.34. The number of para-hydroxylation sites is 2. The van der Waals surface area contributed by atoms with Crippen LogP contribution in [0.1, 0.15) is 52.4 Å². The summed E-state index contributed by atoms with van der Waals surface area (Å²) in [6, 6.07) is 7.37. The first kappa shape index (κ1) is 18.3. The van der Waals surface area contributed by atoms with Crippen LogP contribution >= 0.6 is 0 Å². The Kier molecular flexibility index (Phi) is 7.09. The van der Waals surface area contributed by atoms with Gasteiger partial charge < -0.3 is 10.1 Å². The van der Waals surface area contributed by atoms with E-state index in [-0.39, 0.29) is 18.4 Å². The highest BCUT2D eigenvalue weighted by Gasteiger charge is 2.33. The molecule has 0 aromatic heterocycles. The molecule has 1 heterocycles. The molecule has 5 heteroatoms.